The van der Waals surface area contributed by atoms with Gasteiger partial charge in [-0.15, -0.1) is 0 Å². The summed E-state index contributed by atoms with van der Waals surface area (Å²) >= 11 is 0. The van der Waals surface area contributed by atoms with Crippen LogP contribution in [0.2, 0.25) is 0 Å². The van der Waals surface area contributed by atoms with E-state index in [4.69, 9.17) is 0 Å². The van der Waals surface area contributed by atoms with Crippen molar-refractivity contribution in [3.63, 3.8) is 0 Å². The highest BCUT2D eigenvalue weighted by Crippen LogP contribution is 2.33. The Morgan fingerprint density at radius 3 is 1.35 bits per heavy atom. The van der Waals surface area contributed by atoms with Gasteiger partial charge >= 0.3 is 0 Å². The lowest BCUT2D eigenvalue weighted by atomic mass is 9.74. The average molecular weight is 479 g/mol. The first-order valence-corrected chi connectivity index (χ1v) is 13.8. The minimum atomic E-state index is -0.186. The number of rotatable bonds is 4. The van der Waals surface area contributed by atoms with Gasteiger partial charge in [-0.25, -0.2) is 0 Å². The molecule has 0 heterocycles. The third-order valence-electron chi connectivity index (χ3n) is 6.90. The van der Waals surface area contributed by atoms with Crippen LogP contribution in [0.5, 0.6) is 0 Å². The summed E-state index contributed by atoms with van der Waals surface area (Å²) in [6, 6.07) is 1.11. The van der Waals surface area contributed by atoms with Gasteiger partial charge in [0.05, 0.1) is 0 Å². The van der Waals surface area contributed by atoms with Crippen LogP contribution >= 0.6 is 0 Å². The van der Waals surface area contributed by atoms with Crippen LogP contribution in [0, 0.1) is 22.7 Å². The predicted octanol–water partition coefficient (Wildman–Crippen LogP) is 7.10. The van der Waals surface area contributed by atoms with Gasteiger partial charge in [0.15, 0.2) is 0 Å². The molecular formula is C30H58N2O2. The minimum absolute atomic E-state index is 0.150. The third kappa shape index (κ3) is 11.8. The van der Waals surface area contributed by atoms with Crippen molar-refractivity contribution in [1.29, 1.82) is 0 Å². The van der Waals surface area contributed by atoms with Crippen LogP contribution in [0.3, 0.4) is 0 Å². The molecule has 2 atom stereocenters. The Labute approximate surface area is 212 Å². The molecule has 0 aromatic carbocycles. The summed E-state index contributed by atoms with van der Waals surface area (Å²) in [7, 11) is 0. The summed E-state index contributed by atoms with van der Waals surface area (Å²) < 4.78 is 0. The maximum atomic E-state index is 12.3. The molecule has 4 heteroatoms. The van der Waals surface area contributed by atoms with E-state index >= 15 is 0 Å². The third-order valence-corrected chi connectivity index (χ3v) is 6.90. The Morgan fingerprint density at radius 1 is 0.529 bits per heavy atom. The van der Waals surface area contributed by atoms with Crippen molar-refractivity contribution in [1.82, 2.24) is 10.6 Å². The fourth-order valence-corrected chi connectivity index (χ4v) is 5.51. The van der Waals surface area contributed by atoms with Crippen molar-refractivity contribution in [2.24, 2.45) is 22.7 Å². The maximum absolute atomic E-state index is 12.3. The SMILES string of the molecule is CC(C)(C)NC1CCC(C(=O)C(C)(C)C)CC1.CC(C)(C)NC1CCCC(C(=O)C(C)(C)C)C1. The van der Waals surface area contributed by atoms with E-state index in [0.717, 1.165) is 38.5 Å². The van der Waals surface area contributed by atoms with Crippen LogP contribution in [-0.4, -0.2) is 34.7 Å². The number of carbonyl (C=O) groups excluding carboxylic acids is 2. The maximum Gasteiger partial charge on any atom is 0.141 e. The predicted molar refractivity (Wildman–Crippen MR) is 146 cm³/mol. The van der Waals surface area contributed by atoms with Crippen LogP contribution in [0.1, 0.15) is 134 Å². The summed E-state index contributed by atoms with van der Waals surface area (Å²) in [5, 5.41) is 7.29. The molecule has 2 N–H and O–H groups in total. The molecule has 0 amide bonds. The molecule has 0 aliphatic heterocycles. The topological polar surface area (TPSA) is 58.2 Å². The first kappa shape index (κ1) is 31.3. The Hall–Kier alpha value is -0.740. The Balaban J connectivity index is 0.000000340. The van der Waals surface area contributed by atoms with Crippen LogP contribution in [0.15, 0.2) is 0 Å². The molecule has 0 saturated heterocycles. The normalized spacial score (nSPS) is 26.9. The summed E-state index contributed by atoms with van der Waals surface area (Å²) in [6.45, 7) is 25.4. The smallest absolute Gasteiger partial charge is 0.141 e. The summed E-state index contributed by atoms with van der Waals surface area (Å²) in [4.78, 5) is 24.5. The van der Waals surface area contributed by atoms with E-state index in [0.29, 0.717) is 29.6 Å². The summed E-state index contributed by atoms with van der Waals surface area (Å²) in [5.41, 5.74) is -0.0217. The highest BCUT2D eigenvalue weighted by atomic mass is 16.1. The molecule has 2 aliphatic rings. The van der Waals surface area contributed by atoms with Crippen molar-refractivity contribution in [2.75, 3.05) is 0 Å². The molecule has 2 fully saturated rings. The Morgan fingerprint density at radius 2 is 0.941 bits per heavy atom. The van der Waals surface area contributed by atoms with Crippen molar-refractivity contribution < 1.29 is 9.59 Å². The second-order valence-corrected chi connectivity index (χ2v) is 15.1. The summed E-state index contributed by atoms with van der Waals surface area (Å²) in [6.07, 6.45) is 8.90. The standard InChI is InChI=1S/2C15H29NO/c1-14(2,3)13(17)11-7-9-12(10-8-11)16-15(4,5)6;1-14(2,3)13(17)11-8-7-9-12(10-11)16-15(4,5)6/h2*11-12,16H,7-10H2,1-6H3. The van der Waals surface area contributed by atoms with E-state index in [-0.39, 0.29) is 27.8 Å². The van der Waals surface area contributed by atoms with Gasteiger partial charge in [0.1, 0.15) is 11.6 Å². The monoisotopic (exact) mass is 478 g/mol. The van der Waals surface area contributed by atoms with Gasteiger partial charge in [-0.05, 0) is 86.5 Å². The zero-order chi connectivity index (χ0) is 26.5. The van der Waals surface area contributed by atoms with Crippen molar-refractivity contribution in [3.05, 3.63) is 0 Å². The molecule has 2 aliphatic carbocycles. The van der Waals surface area contributed by atoms with E-state index < -0.39 is 0 Å². The van der Waals surface area contributed by atoms with Crippen LogP contribution in [-0.2, 0) is 9.59 Å². The fourth-order valence-electron chi connectivity index (χ4n) is 5.51. The molecule has 0 radical (unpaired) electrons. The van der Waals surface area contributed by atoms with Gasteiger partial charge in [-0.1, -0.05) is 48.0 Å². The van der Waals surface area contributed by atoms with Gasteiger partial charge in [0.2, 0.25) is 0 Å². The Bertz CT molecular complexity index is 647. The van der Waals surface area contributed by atoms with Gasteiger partial charge in [0, 0.05) is 45.8 Å². The van der Waals surface area contributed by atoms with Crippen LogP contribution in [0.4, 0.5) is 0 Å². The summed E-state index contributed by atoms with van der Waals surface area (Å²) in [5.74, 6) is 1.46. The first-order valence-electron chi connectivity index (χ1n) is 13.8. The van der Waals surface area contributed by atoms with E-state index in [9.17, 15) is 9.59 Å². The number of nitrogens with one attached hydrogen (secondary N) is 2. The van der Waals surface area contributed by atoms with Gasteiger partial charge in [0.25, 0.3) is 0 Å². The molecule has 200 valence electrons. The molecule has 0 spiro atoms. The lowest BCUT2D eigenvalue weighted by molar-refractivity contribution is -0.132. The second-order valence-electron chi connectivity index (χ2n) is 15.1. The van der Waals surface area contributed by atoms with Crippen molar-refractivity contribution in [3.8, 4) is 0 Å². The number of hydrogen-bond donors (Lipinski definition) is 2. The fraction of sp³-hybridized carbons (Fsp3) is 0.933. The van der Waals surface area contributed by atoms with E-state index in [1.165, 1.54) is 12.8 Å². The highest BCUT2D eigenvalue weighted by Gasteiger charge is 2.35. The van der Waals surface area contributed by atoms with Crippen molar-refractivity contribution in [2.45, 2.75) is 158 Å². The molecule has 0 aromatic rings. The van der Waals surface area contributed by atoms with Crippen molar-refractivity contribution >= 4 is 11.6 Å². The molecule has 0 aromatic heterocycles. The molecule has 34 heavy (non-hydrogen) atoms. The van der Waals surface area contributed by atoms with Gasteiger partial charge in [-0.3, -0.25) is 9.59 Å². The minimum Gasteiger partial charge on any atom is -0.309 e. The van der Waals surface area contributed by atoms with Crippen LogP contribution < -0.4 is 10.6 Å². The molecule has 4 nitrogen and oxygen atoms in total. The zero-order valence-electron chi connectivity index (χ0n) is 24.8. The molecule has 2 saturated carbocycles. The van der Waals surface area contributed by atoms with E-state index in [2.05, 4.69) is 52.2 Å². The number of hydrogen-bond acceptors (Lipinski definition) is 4. The first-order chi connectivity index (χ1) is 15.2. The highest BCUT2D eigenvalue weighted by molar-refractivity contribution is 5.86. The molecule has 2 rings (SSSR count). The van der Waals surface area contributed by atoms with E-state index in [1.807, 2.05) is 41.5 Å². The van der Waals surface area contributed by atoms with E-state index in [1.54, 1.807) is 0 Å². The molecule has 0 bridgehead atoms. The average Bonchev–Trinajstić information content (AvgIpc) is 2.64. The number of carbonyl (C=O) groups is 2. The molecular weight excluding hydrogens is 420 g/mol. The number of ketones is 2. The quantitative estimate of drug-likeness (QED) is 0.452. The number of Topliss-reactive ketones (excluding diaryl/α,β-unsaturated/α-hetero) is 2. The lowest BCUT2D eigenvalue weighted by Crippen LogP contribution is -2.47. The van der Waals surface area contributed by atoms with Crippen LogP contribution in [0.25, 0.3) is 0 Å². The second kappa shape index (κ2) is 12.0. The van der Waals surface area contributed by atoms with Gasteiger partial charge < -0.3 is 10.6 Å². The zero-order valence-corrected chi connectivity index (χ0v) is 24.8. The van der Waals surface area contributed by atoms with Gasteiger partial charge in [-0.2, -0.15) is 0 Å². The largest absolute Gasteiger partial charge is 0.309 e. The lowest BCUT2D eigenvalue weighted by Gasteiger charge is -2.36. The molecule has 2 unspecified atom stereocenters. The Kier molecular flexibility index (Phi) is 11.0.